The third-order valence-corrected chi connectivity index (χ3v) is 3.11. The fraction of sp³-hybridized carbons (Fsp3) is 0.600. The second-order valence-corrected chi connectivity index (χ2v) is 4.75. The molecule has 0 bridgehead atoms. The largest absolute Gasteiger partial charge is 0.481 e. The SMILES string of the molecule is CCCNC(CC)c1ccccc1OC(C)C(F)(F)F. The third-order valence-electron chi connectivity index (χ3n) is 3.11. The van der Waals surface area contributed by atoms with Crippen molar-refractivity contribution >= 4 is 0 Å². The summed E-state index contributed by atoms with van der Waals surface area (Å²) in [5, 5.41) is 3.33. The molecule has 0 heterocycles. The van der Waals surface area contributed by atoms with Gasteiger partial charge in [-0.25, -0.2) is 0 Å². The average Bonchev–Trinajstić information content (AvgIpc) is 2.40. The molecule has 0 saturated carbocycles. The number of rotatable bonds is 7. The van der Waals surface area contributed by atoms with Gasteiger partial charge in [-0.05, 0) is 32.4 Å². The van der Waals surface area contributed by atoms with Crippen molar-refractivity contribution < 1.29 is 17.9 Å². The molecular formula is C15H22F3NO. The number of benzene rings is 1. The molecule has 114 valence electrons. The minimum atomic E-state index is -4.36. The van der Waals surface area contributed by atoms with E-state index in [-0.39, 0.29) is 6.04 Å². The summed E-state index contributed by atoms with van der Waals surface area (Å²) in [5.74, 6) is 0.299. The highest BCUT2D eigenvalue weighted by Gasteiger charge is 2.38. The van der Waals surface area contributed by atoms with Gasteiger partial charge < -0.3 is 10.1 Å². The van der Waals surface area contributed by atoms with Crippen LogP contribution in [0, 0.1) is 0 Å². The van der Waals surface area contributed by atoms with E-state index in [9.17, 15) is 13.2 Å². The second-order valence-electron chi connectivity index (χ2n) is 4.75. The van der Waals surface area contributed by atoms with Crippen molar-refractivity contribution in [3.05, 3.63) is 29.8 Å². The van der Waals surface area contributed by atoms with Gasteiger partial charge in [0.15, 0.2) is 6.10 Å². The van der Waals surface area contributed by atoms with E-state index >= 15 is 0 Å². The second kappa shape index (κ2) is 7.53. The van der Waals surface area contributed by atoms with Crippen molar-refractivity contribution in [2.45, 2.75) is 51.9 Å². The maximum atomic E-state index is 12.6. The normalized spacial score (nSPS) is 14.9. The first-order chi connectivity index (χ1) is 9.40. The molecule has 0 aliphatic rings. The average molecular weight is 289 g/mol. The molecule has 0 radical (unpaired) electrons. The first-order valence-electron chi connectivity index (χ1n) is 6.95. The lowest BCUT2D eigenvalue weighted by molar-refractivity contribution is -0.189. The van der Waals surface area contributed by atoms with E-state index in [2.05, 4.69) is 5.32 Å². The van der Waals surface area contributed by atoms with Crippen molar-refractivity contribution in [1.29, 1.82) is 0 Å². The molecule has 2 unspecified atom stereocenters. The van der Waals surface area contributed by atoms with Crippen LogP contribution in [0.15, 0.2) is 24.3 Å². The number of hydrogen-bond donors (Lipinski definition) is 1. The molecule has 0 aromatic heterocycles. The van der Waals surface area contributed by atoms with Gasteiger partial charge in [0.1, 0.15) is 5.75 Å². The smallest absolute Gasteiger partial charge is 0.425 e. The molecule has 1 rings (SSSR count). The predicted molar refractivity (Wildman–Crippen MR) is 73.9 cm³/mol. The Balaban J connectivity index is 2.91. The third kappa shape index (κ3) is 4.71. The van der Waals surface area contributed by atoms with E-state index in [1.807, 2.05) is 26.0 Å². The Morgan fingerprint density at radius 3 is 2.40 bits per heavy atom. The van der Waals surface area contributed by atoms with Crippen molar-refractivity contribution in [2.24, 2.45) is 0 Å². The van der Waals surface area contributed by atoms with Crippen LogP contribution < -0.4 is 10.1 Å². The molecule has 2 nitrogen and oxygen atoms in total. The molecule has 5 heteroatoms. The van der Waals surface area contributed by atoms with Gasteiger partial charge in [-0.15, -0.1) is 0 Å². The first-order valence-corrected chi connectivity index (χ1v) is 6.95. The molecule has 1 N–H and O–H groups in total. The predicted octanol–water partition coefficient (Wildman–Crippen LogP) is 4.47. The summed E-state index contributed by atoms with van der Waals surface area (Å²) in [5.41, 5.74) is 0.777. The first kappa shape index (κ1) is 16.8. The molecule has 0 amide bonds. The number of nitrogens with one attached hydrogen (secondary N) is 1. The number of para-hydroxylation sites is 1. The Morgan fingerprint density at radius 2 is 1.85 bits per heavy atom. The van der Waals surface area contributed by atoms with E-state index in [0.29, 0.717) is 5.75 Å². The van der Waals surface area contributed by atoms with Gasteiger partial charge in [-0.2, -0.15) is 13.2 Å². The summed E-state index contributed by atoms with van der Waals surface area (Å²) in [6.45, 7) is 5.89. The molecule has 0 saturated heterocycles. The highest BCUT2D eigenvalue weighted by Crippen LogP contribution is 2.31. The van der Waals surface area contributed by atoms with E-state index in [0.717, 1.165) is 31.9 Å². The zero-order chi connectivity index (χ0) is 15.2. The Hall–Kier alpha value is -1.23. The zero-order valence-corrected chi connectivity index (χ0v) is 12.1. The summed E-state index contributed by atoms with van der Waals surface area (Å²) in [6, 6.07) is 6.92. The Labute approximate surface area is 118 Å². The van der Waals surface area contributed by atoms with Gasteiger partial charge in [0.25, 0.3) is 0 Å². The molecule has 0 fully saturated rings. The fourth-order valence-corrected chi connectivity index (χ4v) is 1.93. The minimum Gasteiger partial charge on any atom is -0.481 e. The lowest BCUT2D eigenvalue weighted by atomic mass is 10.0. The van der Waals surface area contributed by atoms with Crippen LogP contribution in [0.5, 0.6) is 5.75 Å². The molecule has 1 aromatic carbocycles. The van der Waals surface area contributed by atoms with Gasteiger partial charge in [-0.3, -0.25) is 0 Å². The van der Waals surface area contributed by atoms with Gasteiger partial charge >= 0.3 is 6.18 Å². The number of alkyl halides is 3. The van der Waals surface area contributed by atoms with Gasteiger partial charge in [0, 0.05) is 11.6 Å². The standard InChI is InChI=1S/C15H22F3NO/c1-4-10-19-13(5-2)12-8-6-7-9-14(12)20-11(3)15(16,17)18/h6-9,11,13,19H,4-5,10H2,1-3H3. The van der Waals surface area contributed by atoms with Gasteiger partial charge in [0.2, 0.25) is 0 Å². The van der Waals surface area contributed by atoms with Crippen LogP contribution in [0.1, 0.15) is 45.2 Å². The molecule has 1 aromatic rings. The molecule has 0 aliphatic heterocycles. The number of hydrogen-bond acceptors (Lipinski definition) is 2. The van der Waals surface area contributed by atoms with Crippen LogP contribution in [0.4, 0.5) is 13.2 Å². The van der Waals surface area contributed by atoms with Crippen molar-refractivity contribution in [3.8, 4) is 5.75 Å². The topological polar surface area (TPSA) is 21.3 Å². The van der Waals surface area contributed by atoms with Gasteiger partial charge in [-0.1, -0.05) is 32.0 Å². The summed E-state index contributed by atoms with van der Waals surface area (Å²) < 4.78 is 42.9. The Bertz CT molecular complexity index is 406. The van der Waals surface area contributed by atoms with Crippen molar-refractivity contribution in [3.63, 3.8) is 0 Å². The Kier molecular flexibility index (Phi) is 6.33. The fourth-order valence-electron chi connectivity index (χ4n) is 1.93. The lowest BCUT2D eigenvalue weighted by Gasteiger charge is -2.23. The number of ether oxygens (including phenoxy) is 1. The monoisotopic (exact) mass is 289 g/mol. The summed E-state index contributed by atoms with van der Waals surface area (Å²) in [6.07, 6.45) is -4.40. The summed E-state index contributed by atoms with van der Waals surface area (Å²) >= 11 is 0. The van der Waals surface area contributed by atoms with Crippen LogP contribution in [0.25, 0.3) is 0 Å². The highest BCUT2D eigenvalue weighted by atomic mass is 19.4. The molecular weight excluding hydrogens is 267 g/mol. The maximum Gasteiger partial charge on any atom is 0.425 e. The van der Waals surface area contributed by atoms with Crippen LogP contribution >= 0.6 is 0 Å². The minimum absolute atomic E-state index is 0.00610. The number of halogens is 3. The zero-order valence-electron chi connectivity index (χ0n) is 12.1. The van der Waals surface area contributed by atoms with Gasteiger partial charge in [0.05, 0.1) is 0 Å². The van der Waals surface area contributed by atoms with Crippen LogP contribution in [0.2, 0.25) is 0 Å². The van der Waals surface area contributed by atoms with E-state index in [1.54, 1.807) is 12.1 Å². The molecule has 2 atom stereocenters. The lowest BCUT2D eigenvalue weighted by Crippen LogP contribution is -2.32. The van der Waals surface area contributed by atoms with E-state index in [1.165, 1.54) is 0 Å². The maximum absolute atomic E-state index is 12.6. The van der Waals surface area contributed by atoms with E-state index in [4.69, 9.17) is 4.74 Å². The molecule has 0 aliphatic carbocycles. The quantitative estimate of drug-likeness (QED) is 0.799. The van der Waals surface area contributed by atoms with Crippen LogP contribution in [0.3, 0.4) is 0 Å². The summed E-state index contributed by atoms with van der Waals surface area (Å²) in [7, 11) is 0. The van der Waals surface area contributed by atoms with Crippen molar-refractivity contribution in [2.75, 3.05) is 6.54 Å². The highest BCUT2D eigenvalue weighted by molar-refractivity contribution is 5.36. The van der Waals surface area contributed by atoms with Crippen LogP contribution in [-0.2, 0) is 0 Å². The van der Waals surface area contributed by atoms with Crippen molar-refractivity contribution in [1.82, 2.24) is 5.32 Å². The molecule has 0 spiro atoms. The van der Waals surface area contributed by atoms with E-state index < -0.39 is 12.3 Å². The van der Waals surface area contributed by atoms with Crippen LogP contribution in [-0.4, -0.2) is 18.8 Å². The summed E-state index contributed by atoms with van der Waals surface area (Å²) in [4.78, 5) is 0. The molecule has 20 heavy (non-hydrogen) atoms. The Morgan fingerprint density at radius 1 is 1.20 bits per heavy atom.